The normalized spacial score (nSPS) is 10.1. The minimum atomic E-state index is -0.879. The molecule has 0 saturated carbocycles. The molecule has 0 saturated heterocycles. The van der Waals surface area contributed by atoms with E-state index in [-0.39, 0.29) is 18.3 Å². The maximum Gasteiger partial charge on any atom is 0.379 e. The fraction of sp³-hybridized carbons (Fsp3) is 0.417. The molecule has 1 heterocycles. The molecule has 1 aromatic rings. The van der Waals surface area contributed by atoms with Crippen molar-refractivity contribution in [2.24, 2.45) is 0 Å². The molecule has 0 bridgehead atoms. The highest BCUT2D eigenvalue weighted by atomic mass is 16.5. The summed E-state index contributed by atoms with van der Waals surface area (Å²) in [5.41, 5.74) is 0.168. The zero-order valence-corrected chi connectivity index (χ0v) is 10.1. The van der Waals surface area contributed by atoms with E-state index in [0.717, 1.165) is 0 Å². The zero-order chi connectivity index (χ0) is 12.8. The number of ether oxygens (including phenoxy) is 2. The first-order chi connectivity index (χ1) is 8.04. The second-order valence-electron chi connectivity index (χ2n) is 3.63. The Labute approximate surface area is 99.8 Å². The van der Waals surface area contributed by atoms with Gasteiger partial charge in [0, 0.05) is 6.20 Å². The number of Topliss-reactive ketones (excluding diaryl/α,β-unsaturated/α-hetero) is 1. The van der Waals surface area contributed by atoms with Gasteiger partial charge in [-0.2, -0.15) is 0 Å². The van der Waals surface area contributed by atoms with Gasteiger partial charge < -0.3 is 9.47 Å². The smallest absolute Gasteiger partial charge is 0.379 e. The van der Waals surface area contributed by atoms with E-state index in [4.69, 9.17) is 4.74 Å². The van der Waals surface area contributed by atoms with Crippen LogP contribution in [0, 0.1) is 0 Å². The molecule has 0 atom stereocenters. The summed E-state index contributed by atoms with van der Waals surface area (Å²) in [5.74, 6) is -1.14. The van der Waals surface area contributed by atoms with E-state index in [1.807, 2.05) is 13.8 Å². The van der Waals surface area contributed by atoms with Crippen LogP contribution in [0.25, 0.3) is 0 Å². The van der Waals surface area contributed by atoms with Crippen LogP contribution in [0.2, 0.25) is 0 Å². The van der Waals surface area contributed by atoms with Crippen molar-refractivity contribution >= 4 is 11.8 Å². The summed E-state index contributed by atoms with van der Waals surface area (Å²) < 4.78 is 10.00. The van der Waals surface area contributed by atoms with Crippen molar-refractivity contribution in [2.75, 3.05) is 6.61 Å². The zero-order valence-electron chi connectivity index (χ0n) is 10.1. The summed E-state index contributed by atoms with van der Waals surface area (Å²) in [4.78, 5) is 26.7. The number of ketones is 1. The van der Waals surface area contributed by atoms with E-state index in [1.54, 1.807) is 6.92 Å². The van der Waals surface area contributed by atoms with E-state index in [1.165, 1.54) is 18.5 Å². The number of carbonyl (C=O) groups excluding carboxylic acids is 2. The van der Waals surface area contributed by atoms with Crippen molar-refractivity contribution in [1.82, 2.24) is 4.98 Å². The largest absolute Gasteiger partial charge is 0.489 e. The van der Waals surface area contributed by atoms with Crippen molar-refractivity contribution in [3.05, 3.63) is 24.0 Å². The fourth-order valence-corrected chi connectivity index (χ4v) is 1.19. The molecule has 1 rings (SSSR count). The molecule has 5 nitrogen and oxygen atoms in total. The third-order valence-electron chi connectivity index (χ3n) is 1.81. The topological polar surface area (TPSA) is 65.5 Å². The maximum absolute atomic E-state index is 11.6. The first kappa shape index (κ1) is 13.2. The molecule has 17 heavy (non-hydrogen) atoms. The first-order valence-electron chi connectivity index (χ1n) is 5.37. The lowest BCUT2D eigenvalue weighted by Crippen LogP contribution is -2.18. The Morgan fingerprint density at radius 2 is 2.06 bits per heavy atom. The predicted octanol–water partition coefficient (Wildman–Crippen LogP) is 1.61. The molecule has 0 aliphatic heterocycles. The van der Waals surface area contributed by atoms with Gasteiger partial charge in [-0.3, -0.25) is 9.78 Å². The van der Waals surface area contributed by atoms with Crippen molar-refractivity contribution in [2.45, 2.75) is 26.9 Å². The fourth-order valence-electron chi connectivity index (χ4n) is 1.19. The molecule has 0 radical (unpaired) electrons. The molecule has 0 fully saturated rings. The van der Waals surface area contributed by atoms with E-state index in [0.29, 0.717) is 5.75 Å². The van der Waals surface area contributed by atoms with E-state index >= 15 is 0 Å². The minimum absolute atomic E-state index is 0.0234. The molecule has 92 valence electrons. The van der Waals surface area contributed by atoms with Gasteiger partial charge in [-0.15, -0.1) is 0 Å². The molecule has 0 aliphatic carbocycles. The average molecular weight is 237 g/mol. The highest BCUT2D eigenvalue weighted by Crippen LogP contribution is 2.13. The summed E-state index contributed by atoms with van der Waals surface area (Å²) in [6.45, 7) is 5.53. The predicted molar refractivity (Wildman–Crippen MR) is 61.0 cm³/mol. The lowest BCUT2D eigenvalue weighted by atomic mass is 10.2. The number of hydrogen-bond donors (Lipinski definition) is 0. The lowest BCUT2D eigenvalue weighted by molar-refractivity contribution is -0.137. The first-order valence-corrected chi connectivity index (χ1v) is 5.37. The van der Waals surface area contributed by atoms with Gasteiger partial charge in [0.25, 0.3) is 5.78 Å². The Kier molecular flexibility index (Phi) is 4.63. The Bertz CT molecular complexity index is 415. The van der Waals surface area contributed by atoms with Crippen molar-refractivity contribution in [3.63, 3.8) is 0 Å². The molecule has 0 aromatic carbocycles. The summed E-state index contributed by atoms with van der Waals surface area (Å²) >= 11 is 0. The van der Waals surface area contributed by atoms with Gasteiger partial charge in [-0.25, -0.2) is 4.79 Å². The highest BCUT2D eigenvalue weighted by molar-refractivity contribution is 6.40. The molecule has 0 amide bonds. The van der Waals surface area contributed by atoms with Crippen LogP contribution < -0.4 is 4.74 Å². The quantitative estimate of drug-likeness (QED) is 0.442. The van der Waals surface area contributed by atoms with Gasteiger partial charge in [0.2, 0.25) is 0 Å². The number of esters is 1. The third kappa shape index (κ3) is 3.86. The van der Waals surface area contributed by atoms with E-state index < -0.39 is 11.8 Å². The van der Waals surface area contributed by atoms with Crippen molar-refractivity contribution in [3.8, 4) is 5.75 Å². The van der Waals surface area contributed by atoms with Gasteiger partial charge in [0.05, 0.1) is 24.5 Å². The van der Waals surface area contributed by atoms with E-state index in [9.17, 15) is 9.59 Å². The van der Waals surface area contributed by atoms with Crippen LogP contribution in [0.4, 0.5) is 0 Å². The number of aromatic nitrogens is 1. The molecule has 1 aromatic heterocycles. The van der Waals surface area contributed by atoms with Crippen LogP contribution in [0.3, 0.4) is 0 Å². The van der Waals surface area contributed by atoms with Gasteiger partial charge in [-0.1, -0.05) is 0 Å². The van der Waals surface area contributed by atoms with Crippen LogP contribution in [0.5, 0.6) is 5.75 Å². The number of pyridine rings is 1. The second-order valence-corrected chi connectivity index (χ2v) is 3.63. The average Bonchev–Trinajstić information content (AvgIpc) is 2.28. The van der Waals surface area contributed by atoms with Crippen LogP contribution in [0.15, 0.2) is 18.5 Å². The second kappa shape index (κ2) is 5.98. The van der Waals surface area contributed by atoms with Crippen LogP contribution >= 0.6 is 0 Å². The molecule has 5 heteroatoms. The number of rotatable bonds is 5. The summed E-state index contributed by atoms with van der Waals surface area (Å²) in [6, 6.07) is 1.48. The Balaban J connectivity index is 2.84. The van der Waals surface area contributed by atoms with Crippen LogP contribution in [0.1, 0.15) is 31.1 Å². The standard InChI is InChI=1S/C12H15NO4/c1-4-16-12(15)11(14)9-5-10(7-13-6-9)17-8(2)3/h5-8H,4H2,1-3H3. The van der Waals surface area contributed by atoms with Crippen molar-refractivity contribution in [1.29, 1.82) is 0 Å². The Hall–Kier alpha value is -1.91. The molecular weight excluding hydrogens is 222 g/mol. The highest BCUT2D eigenvalue weighted by Gasteiger charge is 2.18. The molecule has 0 spiro atoms. The van der Waals surface area contributed by atoms with Gasteiger partial charge in [0.15, 0.2) is 0 Å². The molecule has 0 N–H and O–H groups in total. The Morgan fingerprint density at radius 1 is 1.35 bits per heavy atom. The Morgan fingerprint density at radius 3 is 2.65 bits per heavy atom. The lowest BCUT2D eigenvalue weighted by Gasteiger charge is -2.09. The summed E-state index contributed by atoms with van der Waals surface area (Å²) in [6.07, 6.45) is 2.78. The molecule has 0 aliphatic rings. The van der Waals surface area contributed by atoms with Gasteiger partial charge in [-0.05, 0) is 26.8 Å². The summed E-state index contributed by atoms with van der Waals surface area (Å²) in [7, 11) is 0. The number of hydrogen-bond acceptors (Lipinski definition) is 5. The minimum Gasteiger partial charge on any atom is -0.489 e. The van der Waals surface area contributed by atoms with Crippen LogP contribution in [-0.4, -0.2) is 29.4 Å². The summed E-state index contributed by atoms with van der Waals surface area (Å²) in [5, 5.41) is 0. The third-order valence-corrected chi connectivity index (χ3v) is 1.81. The van der Waals surface area contributed by atoms with E-state index in [2.05, 4.69) is 9.72 Å². The van der Waals surface area contributed by atoms with Gasteiger partial charge >= 0.3 is 5.97 Å². The van der Waals surface area contributed by atoms with Gasteiger partial charge in [0.1, 0.15) is 5.75 Å². The van der Waals surface area contributed by atoms with Crippen molar-refractivity contribution < 1.29 is 19.1 Å². The molecule has 0 unspecified atom stereocenters. The SMILES string of the molecule is CCOC(=O)C(=O)c1cncc(OC(C)C)c1. The molecular formula is C12H15NO4. The monoisotopic (exact) mass is 237 g/mol. The van der Waals surface area contributed by atoms with Crippen LogP contribution in [-0.2, 0) is 9.53 Å². The number of nitrogens with zero attached hydrogens (tertiary/aromatic N) is 1. The number of carbonyl (C=O) groups is 2. The maximum atomic E-state index is 11.6.